The van der Waals surface area contributed by atoms with Gasteiger partial charge in [0.1, 0.15) is 5.82 Å². The molecule has 0 aliphatic rings. The van der Waals surface area contributed by atoms with Crippen molar-refractivity contribution in [2.24, 2.45) is 0 Å². The van der Waals surface area contributed by atoms with Crippen LogP contribution in [0.3, 0.4) is 0 Å². The Hall–Kier alpha value is -1.39. The van der Waals surface area contributed by atoms with Crippen LogP contribution >= 0.6 is 0 Å². The number of ether oxygens (including phenoxy) is 1. The molecule has 1 aromatic heterocycles. The molecule has 2 aromatic rings. The smallest absolute Gasteiger partial charge is 0.124 e. The Morgan fingerprint density at radius 3 is 2.79 bits per heavy atom. The van der Waals surface area contributed by atoms with Gasteiger partial charge in [0.25, 0.3) is 0 Å². The number of aromatic nitrogens is 2. The SMILES string of the molecule is COC(C)(C)CCNC(C)c1nc2ccccc2[nH]1. The Morgan fingerprint density at radius 1 is 1.37 bits per heavy atom. The number of benzene rings is 1. The minimum Gasteiger partial charge on any atom is -0.379 e. The van der Waals surface area contributed by atoms with Crippen molar-refractivity contribution in [3.05, 3.63) is 30.1 Å². The maximum atomic E-state index is 5.41. The van der Waals surface area contributed by atoms with Crippen molar-refractivity contribution < 1.29 is 4.74 Å². The maximum Gasteiger partial charge on any atom is 0.124 e. The molecule has 1 heterocycles. The Labute approximate surface area is 114 Å². The minimum absolute atomic E-state index is 0.0827. The summed E-state index contributed by atoms with van der Waals surface area (Å²) in [5.74, 6) is 0.983. The highest BCUT2D eigenvalue weighted by molar-refractivity contribution is 5.74. The molecule has 0 saturated carbocycles. The third-order valence-electron chi connectivity index (χ3n) is 3.55. The van der Waals surface area contributed by atoms with Crippen LogP contribution in [0.2, 0.25) is 0 Å². The predicted octanol–water partition coefficient (Wildman–Crippen LogP) is 3.03. The van der Waals surface area contributed by atoms with E-state index in [1.807, 2.05) is 24.3 Å². The van der Waals surface area contributed by atoms with Gasteiger partial charge in [0.05, 0.1) is 22.7 Å². The van der Waals surface area contributed by atoms with Gasteiger partial charge in [0.2, 0.25) is 0 Å². The monoisotopic (exact) mass is 261 g/mol. The van der Waals surface area contributed by atoms with E-state index >= 15 is 0 Å². The lowest BCUT2D eigenvalue weighted by Gasteiger charge is -2.23. The second-order valence-electron chi connectivity index (χ2n) is 5.53. The van der Waals surface area contributed by atoms with Crippen LogP contribution in [0.1, 0.15) is 39.1 Å². The summed E-state index contributed by atoms with van der Waals surface area (Å²) in [4.78, 5) is 7.95. The van der Waals surface area contributed by atoms with Crippen molar-refractivity contribution in [1.29, 1.82) is 0 Å². The number of methoxy groups -OCH3 is 1. The van der Waals surface area contributed by atoms with Gasteiger partial charge >= 0.3 is 0 Å². The van der Waals surface area contributed by atoms with Crippen molar-refractivity contribution in [2.45, 2.75) is 38.8 Å². The van der Waals surface area contributed by atoms with Gasteiger partial charge in [0, 0.05) is 7.11 Å². The van der Waals surface area contributed by atoms with Crippen LogP contribution in [0.15, 0.2) is 24.3 Å². The lowest BCUT2D eigenvalue weighted by molar-refractivity contribution is 0.0154. The first-order valence-electron chi connectivity index (χ1n) is 6.75. The molecule has 0 aliphatic heterocycles. The Morgan fingerprint density at radius 2 is 2.11 bits per heavy atom. The van der Waals surface area contributed by atoms with E-state index in [9.17, 15) is 0 Å². The van der Waals surface area contributed by atoms with Crippen molar-refractivity contribution >= 4 is 11.0 Å². The minimum atomic E-state index is -0.0827. The van der Waals surface area contributed by atoms with Crippen LogP contribution in [0.5, 0.6) is 0 Å². The maximum absolute atomic E-state index is 5.41. The molecule has 1 atom stereocenters. The number of nitrogens with zero attached hydrogens (tertiary/aromatic N) is 1. The number of fused-ring (bicyclic) bond motifs is 1. The van der Waals surface area contributed by atoms with Crippen LogP contribution in [-0.2, 0) is 4.74 Å². The molecule has 0 aliphatic carbocycles. The van der Waals surface area contributed by atoms with Gasteiger partial charge in [-0.25, -0.2) is 4.98 Å². The van der Waals surface area contributed by atoms with E-state index in [1.165, 1.54) is 0 Å². The molecule has 0 bridgehead atoms. The molecule has 0 amide bonds. The van der Waals surface area contributed by atoms with Crippen LogP contribution < -0.4 is 5.32 Å². The summed E-state index contributed by atoms with van der Waals surface area (Å²) in [6.07, 6.45) is 0.966. The third kappa shape index (κ3) is 3.55. The third-order valence-corrected chi connectivity index (χ3v) is 3.55. The molecule has 19 heavy (non-hydrogen) atoms. The Kier molecular flexibility index (Phi) is 4.22. The van der Waals surface area contributed by atoms with E-state index in [0.717, 1.165) is 29.8 Å². The highest BCUT2D eigenvalue weighted by atomic mass is 16.5. The number of imidazole rings is 1. The molecule has 1 aromatic carbocycles. The van der Waals surface area contributed by atoms with Crippen molar-refractivity contribution in [1.82, 2.24) is 15.3 Å². The summed E-state index contributed by atoms with van der Waals surface area (Å²) in [6.45, 7) is 7.22. The van der Waals surface area contributed by atoms with Gasteiger partial charge in [-0.05, 0) is 45.9 Å². The lowest BCUT2D eigenvalue weighted by atomic mass is 10.1. The fourth-order valence-electron chi connectivity index (χ4n) is 1.97. The molecule has 2 rings (SSSR count). The number of hydrogen-bond donors (Lipinski definition) is 2. The van der Waals surface area contributed by atoms with E-state index in [-0.39, 0.29) is 11.6 Å². The fourth-order valence-corrected chi connectivity index (χ4v) is 1.97. The average Bonchev–Trinajstić information content (AvgIpc) is 2.82. The molecule has 1 unspecified atom stereocenters. The molecule has 0 saturated heterocycles. The highest BCUT2D eigenvalue weighted by Gasteiger charge is 2.17. The summed E-state index contributed by atoms with van der Waals surface area (Å²) in [5.41, 5.74) is 2.02. The molecule has 2 N–H and O–H groups in total. The first-order chi connectivity index (χ1) is 9.02. The largest absolute Gasteiger partial charge is 0.379 e. The second kappa shape index (κ2) is 5.72. The molecule has 4 nitrogen and oxygen atoms in total. The first kappa shape index (κ1) is 14.0. The van der Waals surface area contributed by atoms with Gasteiger partial charge < -0.3 is 15.0 Å². The second-order valence-corrected chi connectivity index (χ2v) is 5.53. The zero-order chi connectivity index (χ0) is 13.9. The standard InChI is InChI=1S/C15H23N3O/c1-11(16-10-9-15(2,3)19-4)14-17-12-7-5-6-8-13(12)18-14/h5-8,11,16H,9-10H2,1-4H3,(H,17,18). The number of aromatic amines is 1. The lowest BCUT2D eigenvalue weighted by Crippen LogP contribution is -2.30. The van der Waals surface area contributed by atoms with E-state index in [2.05, 4.69) is 36.1 Å². The summed E-state index contributed by atoms with van der Waals surface area (Å²) < 4.78 is 5.41. The van der Waals surface area contributed by atoms with E-state index in [1.54, 1.807) is 7.11 Å². The van der Waals surface area contributed by atoms with Crippen LogP contribution in [0.4, 0.5) is 0 Å². The fraction of sp³-hybridized carbons (Fsp3) is 0.533. The molecule has 104 valence electrons. The number of rotatable bonds is 6. The zero-order valence-corrected chi connectivity index (χ0v) is 12.2. The average molecular weight is 261 g/mol. The molecular weight excluding hydrogens is 238 g/mol. The summed E-state index contributed by atoms with van der Waals surface area (Å²) in [5, 5.41) is 3.48. The molecule has 0 radical (unpaired) electrons. The summed E-state index contributed by atoms with van der Waals surface area (Å²) in [6, 6.07) is 8.30. The molecule has 4 heteroatoms. The quantitative estimate of drug-likeness (QED) is 0.840. The van der Waals surface area contributed by atoms with Gasteiger partial charge in [-0.2, -0.15) is 0 Å². The molecular formula is C15H23N3O. The summed E-state index contributed by atoms with van der Waals surface area (Å²) in [7, 11) is 1.75. The van der Waals surface area contributed by atoms with Gasteiger partial charge in [-0.3, -0.25) is 0 Å². The summed E-state index contributed by atoms with van der Waals surface area (Å²) >= 11 is 0. The van der Waals surface area contributed by atoms with E-state index in [4.69, 9.17) is 4.74 Å². The highest BCUT2D eigenvalue weighted by Crippen LogP contribution is 2.16. The van der Waals surface area contributed by atoms with E-state index in [0.29, 0.717) is 0 Å². The Balaban J connectivity index is 1.94. The van der Waals surface area contributed by atoms with Gasteiger partial charge in [-0.1, -0.05) is 12.1 Å². The number of H-pyrrole nitrogens is 1. The first-order valence-corrected chi connectivity index (χ1v) is 6.75. The number of para-hydroxylation sites is 2. The van der Waals surface area contributed by atoms with Crippen molar-refractivity contribution in [3.63, 3.8) is 0 Å². The zero-order valence-electron chi connectivity index (χ0n) is 12.2. The molecule has 0 spiro atoms. The Bertz CT molecular complexity index is 500. The normalized spacial score (nSPS) is 13.9. The van der Waals surface area contributed by atoms with Crippen molar-refractivity contribution in [3.8, 4) is 0 Å². The predicted molar refractivity (Wildman–Crippen MR) is 78.2 cm³/mol. The number of hydrogen-bond acceptors (Lipinski definition) is 3. The molecule has 0 fully saturated rings. The van der Waals surface area contributed by atoms with Crippen LogP contribution in [-0.4, -0.2) is 29.2 Å². The van der Waals surface area contributed by atoms with E-state index < -0.39 is 0 Å². The van der Waals surface area contributed by atoms with Crippen LogP contribution in [0, 0.1) is 0 Å². The van der Waals surface area contributed by atoms with Crippen LogP contribution in [0.25, 0.3) is 11.0 Å². The van der Waals surface area contributed by atoms with Crippen molar-refractivity contribution in [2.75, 3.05) is 13.7 Å². The number of nitrogens with one attached hydrogen (secondary N) is 2. The topological polar surface area (TPSA) is 49.9 Å². The van der Waals surface area contributed by atoms with Gasteiger partial charge in [-0.15, -0.1) is 0 Å². The van der Waals surface area contributed by atoms with Gasteiger partial charge in [0.15, 0.2) is 0 Å².